The van der Waals surface area contributed by atoms with Crippen molar-refractivity contribution >= 4 is 27.5 Å². The first kappa shape index (κ1) is 21.3. The van der Waals surface area contributed by atoms with Gasteiger partial charge in [0.25, 0.3) is 0 Å². The second-order valence-corrected chi connectivity index (χ2v) is 10.5. The summed E-state index contributed by atoms with van der Waals surface area (Å²) in [5.74, 6) is 1.36. The zero-order chi connectivity index (χ0) is 21.1. The summed E-state index contributed by atoms with van der Waals surface area (Å²) >= 11 is 6.23. The molecule has 0 bridgehead atoms. The van der Waals surface area contributed by atoms with Crippen molar-refractivity contribution < 1.29 is 17.6 Å². The fraction of sp³-hybridized carbons (Fsp3) is 0.524. The van der Waals surface area contributed by atoms with Gasteiger partial charge in [-0.15, -0.1) is 0 Å². The van der Waals surface area contributed by atoms with E-state index in [0.717, 1.165) is 30.6 Å². The van der Waals surface area contributed by atoms with Gasteiger partial charge in [-0.05, 0) is 37.3 Å². The number of hydrogen-bond donors (Lipinski definition) is 0. The van der Waals surface area contributed by atoms with Crippen LogP contribution in [0.2, 0.25) is 5.02 Å². The van der Waals surface area contributed by atoms with Gasteiger partial charge in [0.05, 0.1) is 24.4 Å². The third-order valence-corrected chi connectivity index (χ3v) is 8.05. The van der Waals surface area contributed by atoms with Gasteiger partial charge in [-0.25, -0.2) is 13.4 Å². The van der Waals surface area contributed by atoms with E-state index in [1.165, 1.54) is 4.31 Å². The van der Waals surface area contributed by atoms with Crippen molar-refractivity contribution in [1.29, 1.82) is 0 Å². The zero-order valence-corrected chi connectivity index (χ0v) is 18.4. The fourth-order valence-corrected chi connectivity index (χ4v) is 5.84. The SMILES string of the molecule is O=C(CN1CCCCS1(=O)=O)N1CCC[C@@H](c2ncc(Cc3ccccc3Cl)o2)C1. The smallest absolute Gasteiger partial charge is 0.237 e. The van der Waals surface area contributed by atoms with E-state index in [1.807, 2.05) is 24.3 Å². The molecule has 1 aromatic carbocycles. The Labute approximate surface area is 182 Å². The van der Waals surface area contributed by atoms with Crippen LogP contribution in [0.3, 0.4) is 0 Å². The Morgan fingerprint density at radius 3 is 2.83 bits per heavy atom. The molecule has 0 saturated carbocycles. The van der Waals surface area contributed by atoms with Crippen LogP contribution >= 0.6 is 11.6 Å². The Hall–Kier alpha value is -1.90. The maximum atomic E-state index is 12.8. The third-order valence-electron chi connectivity index (χ3n) is 5.78. The van der Waals surface area contributed by atoms with E-state index < -0.39 is 10.0 Å². The van der Waals surface area contributed by atoms with Crippen LogP contribution in [0.4, 0.5) is 0 Å². The molecule has 2 aromatic rings. The number of benzene rings is 1. The Kier molecular flexibility index (Phi) is 6.46. The van der Waals surface area contributed by atoms with Crippen molar-refractivity contribution in [2.24, 2.45) is 0 Å². The van der Waals surface area contributed by atoms with Crippen molar-refractivity contribution in [3.8, 4) is 0 Å². The predicted octanol–water partition coefficient (Wildman–Crippen LogP) is 3.05. The number of likely N-dealkylation sites (tertiary alicyclic amines) is 1. The average Bonchev–Trinajstić information content (AvgIpc) is 3.20. The van der Waals surface area contributed by atoms with Crippen molar-refractivity contribution in [2.45, 2.75) is 38.0 Å². The summed E-state index contributed by atoms with van der Waals surface area (Å²) in [5.41, 5.74) is 0.977. The highest BCUT2D eigenvalue weighted by Crippen LogP contribution is 2.28. The van der Waals surface area contributed by atoms with E-state index >= 15 is 0 Å². The summed E-state index contributed by atoms with van der Waals surface area (Å²) in [7, 11) is -3.31. The van der Waals surface area contributed by atoms with Crippen LogP contribution in [0.5, 0.6) is 0 Å². The lowest BCUT2D eigenvalue weighted by molar-refractivity contribution is -0.132. The molecule has 0 unspecified atom stereocenters. The number of oxazole rings is 1. The van der Waals surface area contributed by atoms with Crippen molar-refractivity contribution in [1.82, 2.24) is 14.2 Å². The normalized spacial score (nSPS) is 22.2. The molecule has 162 valence electrons. The molecule has 30 heavy (non-hydrogen) atoms. The Morgan fingerprint density at radius 2 is 2.03 bits per heavy atom. The van der Waals surface area contributed by atoms with Gasteiger partial charge in [-0.1, -0.05) is 29.8 Å². The highest BCUT2D eigenvalue weighted by atomic mass is 35.5. The minimum Gasteiger partial charge on any atom is -0.445 e. The summed E-state index contributed by atoms with van der Waals surface area (Å²) < 4.78 is 31.7. The van der Waals surface area contributed by atoms with Crippen LogP contribution in [0.15, 0.2) is 34.9 Å². The summed E-state index contributed by atoms with van der Waals surface area (Å²) in [4.78, 5) is 19.0. The van der Waals surface area contributed by atoms with E-state index in [2.05, 4.69) is 4.98 Å². The molecular weight excluding hydrogens is 426 g/mol. The molecular formula is C21H26ClN3O4S. The molecule has 9 heteroatoms. The highest BCUT2D eigenvalue weighted by molar-refractivity contribution is 7.89. The van der Waals surface area contributed by atoms with Crippen molar-refractivity contribution in [3.63, 3.8) is 0 Å². The molecule has 0 spiro atoms. The average molecular weight is 452 g/mol. The van der Waals surface area contributed by atoms with Crippen LogP contribution in [-0.2, 0) is 21.2 Å². The zero-order valence-electron chi connectivity index (χ0n) is 16.8. The third kappa shape index (κ3) is 4.87. The summed E-state index contributed by atoms with van der Waals surface area (Å²) in [6.45, 7) is 1.49. The lowest BCUT2D eigenvalue weighted by Crippen LogP contribution is -2.48. The van der Waals surface area contributed by atoms with Gasteiger partial charge in [0.2, 0.25) is 15.9 Å². The predicted molar refractivity (Wildman–Crippen MR) is 114 cm³/mol. The first-order valence-corrected chi connectivity index (χ1v) is 12.3. The van der Waals surface area contributed by atoms with Crippen LogP contribution in [0.1, 0.15) is 48.8 Å². The van der Waals surface area contributed by atoms with Gasteiger partial charge in [0.1, 0.15) is 5.76 Å². The number of sulfonamides is 1. The van der Waals surface area contributed by atoms with Gasteiger partial charge in [0, 0.05) is 31.1 Å². The molecule has 2 aliphatic rings. The minimum absolute atomic E-state index is 0.0145. The van der Waals surface area contributed by atoms with Crippen molar-refractivity contribution in [2.75, 3.05) is 31.9 Å². The number of aromatic nitrogens is 1. The molecule has 0 N–H and O–H groups in total. The summed E-state index contributed by atoms with van der Waals surface area (Å²) in [6.07, 6.45) is 5.48. The number of hydrogen-bond acceptors (Lipinski definition) is 5. The summed E-state index contributed by atoms with van der Waals surface area (Å²) in [6, 6.07) is 7.63. The monoisotopic (exact) mass is 451 g/mol. The number of amides is 1. The minimum atomic E-state index is -3.31. The van der Waals surface area contributed by atoms with Gasteiger partial charge in [-0.2, -0.15) is 4.31 Å². The Balaban J connectivity index is 1.39. The molecule has 2 fully saturated rings. The van der Waals surface area contributed by atoms with Crippen LogP contribution in [-0.4, -0.2) is 60.4 Å². The first-order valence-electron chi connectivity index (χ1n) is 10.4. The van der Waals surface area contributed by atoms with Gasteiger partial charge in [0.15, 0.2) is 5.89 Å². The summed E-state index contributed by atoms with van der Waals surface area (Å²) in [5, 5.41) is 0.692. The van der Waals surface area contributed by atoms with Crippen LogP contribution in [0, 0.1) is 0 Å². The molecule has 0 radical (unpaired) electrons. The number of carbonyl (C=O) groups excluding carboxylic acids is 1. The molecule has 2 aliphatic heterocycles. The second kappa shape index (κ2) is 9.08. The molecule has 7 nitrogen and oxygen atoms in total. The molecule has 2 saturated heterocycles. The lowest BCUT2D eigenvalue weighted by atomic mass is 9.98. The standard InChI is InChI=1S/C21H26ClN3O4S/c22-19-8-2-1-6-16(19)12-18-13-23-21(29-18)17-7-5-9-24(14-17)20(26)15-25-10-3-4-11-30(25,27)28/h1-2,6,8,13,17H,3-5,7,9-12,14-15H2/t17-/m1/s1. The molecule has 0 aliphatic carbocycles. The van der Waals surface area contributed by atoms with E-state index in [1.54, 1.807) is 11.1 Å². The van der Waals surface area contributed by atoms with Crippen LogP contribution in [0.25, 0.3) is 0 Å². The van der Waals surface area contributed by atoms with E-state index in [0.29, 0.717) is 43.4 Å². The number of piperidine rings is 1. The number of carbonyl (C=O) groups is 1. The number of rotatable bonds is 5. The fourth-order valence-electron chi connectivity index (χ4n) is 4.10. The highest BCUT2D eigenvalue weighted by Gasteiger charge is 2.32. The van der Waals surface area contributed by atoms with Gasteiger partial charge in [-0.3, -0.25) is 4.79 Å². The Morgan fingerprint density at radius 1 is 1.20 bits per heavy atom. The maximum absolute atomic E-state index is 12.8. The number of halogens is 1. The lowest BCUT2D eigenvalue weighted by Gasteiger charge is -2.33. The molecule has 4 rings (SSSR count). The molecule has 3 heterocycles. The van der Waals surface area contributed by atoms with E-state index in [-0.39, 0.29) is 24.1 Å². The molecule has 1 atom stereocenters. The van der Waals surface area contributed by atoms with Crippen LogP contribution < -0.4 is 0 Å². The Bertz CT molecular complexity index is 1010. The van der Waals surface area contributed by atoms with Gasteiger partial charge < -0.3 is 9.32 Å². The largest absolute Gasteiger partial charge is 0.445 e. The topological polar surface area (TPSA) is 83.7 Å². The first-order chi connectivity index (χ1) is 14.4. The number of nitrogens with zero attached hydrogens (tertiary/aromatic N) is 3. The van der Waals surface area contributed by atoms with Crippen molar-refractivity contribution in [3.05, 3.63) is 52.7 Å². The maximum Gasteiger partial charge on any atom is 0.237 e. The second-order valence-electron chi connectivity index (χ2n) is 7.97. The molecule has 1 amide bonds. The van der Waals surface area contributed by atoms with Gasteiger partial charge >= 0.3 is 0 Å². The van der Waals surface area contributed by atoms with E-state index in [9.17, 15) is 13.2 Å². The quantitative estimate of drug-likeness (QED) is 0.697. The molecule has 1 aromatic heterocycles. The van der Waals surface area contributed by atoms with E-state index in [4.69, 9.17) is 16.0 Å².